The quantitative estimate of drug-likeness (QED) is 0.127. The minimum atomic E-state index is -1.53. The highest BCUT2D eigenvalue weighted by Gasteiger charge is 2.46. The largest absolute Gasteiger partial charge is 0.493 e. The van der Waals surface area contributed by atoms with Crippen LogP contribution in [0.1, 0.15) is 54.1 Å². The zero-order valence-electron chi connectivity index (χ0n) is 33.7. The molecule has 0 bridgehead atoms. The van der Waals surface area contributed by atoms with E-state index in [0.29, 0.717) is 62.1 Å². The van der Waals surface area contributed by atoms with E-state index in [1.165, 1.54) is 31.1 Å². The second-order valence-corrected chi connectivity index (χ2v) is 14.6. The van der Waals surface area contributed by atoms with Crippen molar-refractivity contribution in [3.63, 3.8) is 0 Å². The molecule has 0 spiro atoms. The van der Waals surface area contributed by atoms with E-state index in [0.717, 1.165) is 11.1 Å². The molecule has 2 aliphatic rings. The van der Waals surface area contributed by atoms with Crippen LogP contribution in [0.25, 0.3) is 12.2 Å². The molecule has 0 saturated carbocycles. The van der Waals surface area contributed by atoms with E-state index in [4.69, 9.17) is 18.9 Å². The molecule has 6 aromatic carbocycles. The molecule has 61 heavy (non-hydrogen) atoms. The number of hydrogen-bond acceptors (Lipinski definition) is 8. The first-order valence-corrected chi connectivity index (χ1v) is 19.5. The maximum atomic E-state index is 14.3. The third kappa shape index (κ3) is 7.11. The van der Waals surface area contributed by atoms with Gasteiger partial charge in [-0.3, -0.25) is 19.4 Å². The van der Waals surface area contributed by atoms with Gasteiger partial charge in [0.1, 0.15) is 5.75 Å². The van der Waals surface area contributed by atoms with Gasteiger partial charge in [-0.15, -0.1) is 0 Å². The Kier molecular flexibility index (Phi) is 10.8. The van der Waals surface area contributed by atoms with E-state index in [1.54, 1.807) is 85.2 Å². The van der Waals surface area contributed by atoms with E-state index in [2.05, 4.69) is 12.1 Å². The van der Waals surface area contributed by atoms with Crippen molar-refractivity contribution in [2.75, 3.05) is 21.3 Å². The molecule has 10 heteroatoms. The molecule has 0 saturated heterocycles. The highest BCUT2D eigenvalue weighted by atomic mass is 16.5. The van der Waals surface area contributed by atoms with Gasteiger partial charge < -0.3 is 18.9 Å². The molecule has 300 valence electrons. The van der Waals surface area contributed by atoms with E-state index in [9.17, 15) is 20.1 Å². The number of amides is 2. The lowest BCUT2D eigenvalue weighted by molar-refractivity contribution is 0.0688. The number of nitrogens with zero attached hydrogens (tertiary/aromatic N) is 4. The first-order chi connectivity index (χ1) is 29.8. The molecule has 2 atom stereocenters. The van der Waals surface area contributed by atoms with Crippen molar-refractivity contribution in [3.05, 3.63) is 196 Å². The van der Waals surface area contributed by atoms with Crippen molar-refractivity contribution in [1.29, 1.82) is 10.5 Å². The first-order valence-electron chi connectivity index (χ1n) is 19.5. The standard InChI is InChI=1S/C51H40N4O6/c1-58-43-23-22-35(31-50(33-52)41-20-12-10-14-36(41)24-26-54(50)48(56)38-16-6-4-7-17-38)28-47(43)61-44-30-46(60-3)45(59-2)29-40(44)32-51(34-53)42-21-13-11-15-37(42)25-27-55(51)49(57)39-18-8-5-9-19-39/h4-30H,31-32H2,1-3H3. The zero-order chi connectivity index (χ0) is 42.6. The fourth-order valence-electron chi connectivity index (χ4n) is 8.19. The number of rotatable bonds is 11. The van der Waals surface area contributed by atoms with Crippen molar-refractivity contribution in [2.24, 2.45) is 0 Å². The van der Waals surface area contributed by atoms with Gasteiger partial charge in [0.05, 0.1) is 33.5 Å². The Morgan fingerprint density at radius 3 is 1.51 bits per heavy atom. The normalized spacial score (nSPS) is 17.3. The first kappa shape index (κ1) is 39.7. The van der Waals surface area contributed by atoms with Crippen LogP contribution in [-0.2, 0) is 23.9 Å². The van der Waals surface area contributed by atoms with Gasteiger partial charge in [-0.2, -0.15) is 10.5 Å². The van der Waals surface area contributed by atoms with E-state index in [1.807, 2.05) is 78.9 Å². The average Bonchev–Trinajstić information content (AvgIpc) is 3.32. The van der Waals surface area contributed by atoms with Crippen molar-refractivity contribution in [2.45, 2.75) is 23.9 Å². The van der Waals surface area contributed by atoms with Crippen molar-refractivity contribution < 1.29 is 28.5 Å². The lowest BCUT2D eigenvalue weighted by Crippen LogP contribution is -2.49. The summed E-state index contributed by atoms with van der Waals surface area (Å²) >= 11 is 0. The lowest BCUT2D eigenvalue weighted by atomic mass is 9.78. The Balaban J connectivity index is 1.23. The van der Waals surface area contributed by atoms with Crippen LogP contribution in [0.4, 0.5) is 0 Å². The SMILES string of the molecule is COc1cc(CC2(C#N)c3ccccc3C=CN2C(=O)c2ccccc2)c(Oc2cc(CC3(C#N)c4ccccc4C=CN3C(=O)c3ccccc3)ccc2OC)cc1OC. The monoisotopic (exact) mass is 804 g/mol. The molecule has 0 fully saturated rings. The molecule has 6 aromatic rings. The predicted molar refractivity (Wildman–Crippen MR) is 231 cm³/mol. The van der Waals surface area contributed by atoms with Gasteiger partial charge in [0.15, 0.2) is 34.1 Å². The van der Waals surface area contributed by atoms with Crippen LogP contribution >= 0.6 is 0 Å². The molecule has 0 N–H and O–H groups in total. The molecule has 0 aromatic heterocycles. The summed E-state index contributed by atoms with van der Waals surface area (Å²) in [5, 5.41) is 22.4. The van der Waals surface area contributed by atoms with Crippen LogP contribution < -0.4 is 18.9 Å². The van der Waals surface area contributed by atoms with Gasteiger partial charge in [0.25, 0.3) is 11.8 Å². The fraction of sp³-hybridized carbons (Fsp3) is 0.137. The maximum absolute atomic E-state index is 14.3. The van der Waals surface area contributed by atoms with Crippen molar-refractivity contribution >= 4 is 24.0 Å². The summed E-state index contributed by atoms with van der Waals surface area (Å²) < 4.78 is 24.1. The van der Waals surface area contributed by atoms with Crippen LogP contribution in [0, 0.1) is 22.7 Å². The minimum Gasteiger partial charge on any atom is -0.493 e. The van der Waals surface area contributed by atoms with E-state index in [-0.39, 0.29) is 24.7 Å². The fourth-order valence-corrected chi connectivity index (χ4v) is 8.19. The Morgan fingerprint density at radius 1 is 0.525 bits per heavy atom. The highest BCUT2D eigenvalue weighted by Crippen LogP contribution is 2.47. The smallest absolute Gasteiger partial charge is 0.259 e. The van der Waals surface area contributed by atoms with Crippen LogP contribution in [0.2, 0.25) is 0 Å². The zero-order valence-corrected chi connectivity index (χ0v) is 33.7. The van der Waals surface area contributed by atoms with E-state index < -0.39 is 11.1 Å². The number of hydrogen-bond donors (Lipinski definition) is 0. The van der Waals surface area contributed by atoms with Gasteiger partial charge >= 0.3 is 0 Å². The molecule has 10 nitrogen and oxygen atoms in total. The third-order valence-corrected chi connectivity index (χ3v) is 11.2. The summed E-state index contributed by atoms with van der Waals surface area (Å²) in [6.07, 6.45) is 7.09. The summed E-state index contributed by atoms with van der Waals surface area (Å²) in [4.78, 5) is 31.5. The molecule has 0 radical (unpaired) electrons. The van der Waals surface area contributed by atoms with Crippen molar-refractivity contribution in [3.8, 4) is 40.9 Å². The third-order valence-electron chi connectivity index (χ3n) is 11.2. The molecule has 2 amide bonds. The molecule has 0 aliphatic carbocycles. The van der Waals surface area contributed by atoms with Crippen molar-refractivity contribution in [1.82, 2.24) is 9.80 Å². The van der Waals surface area contributed by atoms with Crippen LogP contribution in [0.15, 0.2) is 152 Å². The van der Waals surface area contributed by atoms with Crippen LogP contribution in [0.3, 0.4) is 0 Å². The van der Waals surface area contributed by atoms with Gasteiger partial charge in [-0.1, -0.05) is 91.0 Å². The Labute approximate surface area is 354 Å². The second kappa shape index (κ2) is 16.6. The summed E-state index contributed by atoms with van der Waals surface area (Å²) in [7, 11) is 4.57. The topological polar surface area (TPSA) is 125 Å². The lowest BCUT2D eigenvalue weighted by Gasteiger charge is -2.41. The van der Waals surface area contributed by atoms with Crippen LogP contribution in [0.5, 0.6) is 28.7 Å². The molecule has 2 heterocycles. The number of carbonyl (C=O) groups is 2. The summed E-state index contributed by atoms with van der Waals surface area (Å²) in [6, 6.07) is 46.7. The van der Waals surface area contributed by atoms with Gasteiger partial charge in [0, 0.05) is 48.0 Å². The van der Waals surface area contributed by atoms with E-state index >= 15 is 0 Å². The number of benzene rings is 6. The van der Waals surface area contributed by atoms with Gasteiger partial charge in [0.2, 0.25) is 0 Å². The molecule has 2 unspecified atom stereocenters. The number of nitriles is 2. The minimum absolute atomic E-state index is 0.0155. The maximum Gasteiger partial charge on any atom is 0.259 e. The Hall–Kier alpha value is -8.08. The van der Waals surface area contributed by atoms with Crippen LogP contribution in [-0.4, -0.2) is 42.9 Å². The number of ether oxygens (including phenoxy) is 4. The van der Waals surface area contributed by atoms with Gasteiger partial charge in [-0.05, 0) is 82.4 Å². The molecular formula is C51H40N4O6. The summed E-state index contributed by atoms with van der Waals surface area (Å²) in [5.74, 6) is 1.08. The average molecular weight is 805 g/mol. The predicted octanol–water partition coefficient (Wildman–Crippen LogP) is 9.68. The molecular weight excluding hydrogens is 765 g/mol. The number of methoxy groups -OCH3 is 3. The Bertz CT molecular complexity index is 2790. The Morgan fingerprint density at radius 2 is 1.00 bits per heavy atom. The number of carbonyl (C=O) groups excluding carboxylic acids is 2. The van der Waals surface area contributed by atoms with Gasteiger partial charge in [-0.25, -0.2) is 0 Å². The second-order valence-electron chi connectivity index (χ2n) is 14.6. The summed E-state index contributed by atoms with van der Waals surface area (Å²) in [5.41, 5.74) is 2.05. The molecule has 2 aliphatic heterocycles. The summed E-state index contributed by atoms with van der Waals surface area (Å²) in [6.45, 7) is 0. The highest BCUT2D eigenvalue weighted by molar-refractivity contribution is 5.97. The molecule has 8 rings (SSSR count). The number of fused-ring (bicyclic) bond motifs is 2.